The third kappa shape index (κ3) is 2.19. The minimum atomic E-state index is -0.990. The quantitative estimate of drug-likeness (QED) is 0.782. The van der Waals surface area contributed by atoms with Gasteiger partial charge in [0.1, 0.15) is 11.4 Å². The summed E-state index contributed by atoms with van der Waals surface area (Å²) in [4.78, 5) is 0.948. The molecule has 3 aromatic rings. The maximum Gasteiger partial charge on any atom is 0.121 e. The van der Waals surface area contributed by atoms with E-state index in [0.717, 1.165) is 16.2 Å². The Hall–Kier alpha value is -1.84. The van der Waals surface area contributed by atoms with Crippen LogP contribution in [0.25, 0.3) is 10.1 Å². The molecule has 20 heavy (non-hydrogen) atoms. The number of hydrogen-bond donors (Lipinski definition) is 1. The highest BCUT2D eigenvalue weighted by Crippen LogP contribution is 2.37. The smallest absolute Gasteiger partial charge is 0.121 e. The second-order valence-corrected chi connectivity index (χ2v) is 6.03. The molecule has 0 saturated carbocycles. The number of hydrogen-bond acceptors (Lipinski definition) is 3. The third-order valence-corrected chi connectivity index (χ3v) is 4.88. The maximum atomic E-state index is 10.9. The van der Waals surface area contributed by atoms with Crippen molar-refractivity contribution in [3.05, 3.63) is 65.0 Å². The average molecular weight is 284 g/mol. The molecule has 0 fully saturated rings. The molecule has 0 saturated heterocycles. The van der Waals surface area contributed by atoms with E-state index < -0.39 is 5.60 Å². The van der Waals surface area contributed by atoms with Gasteiger partial charge < -0.3 is 9.84 Å². The van der Waals surface area contributed by atoms with Gasteiger partial charge in [0.25, 0.3) is 0 Å². The summed E-state index contributed by atoms with van der Waals surface area (Å²) in [6, 6.07) is 17.8. The molecule has 1 aromatic heterocycles. The standard InChI is InChI=1S/C17H16O2S/c1-17(18,13-7-9-14(19-2)10-8-13)16-11-12-5-3-4-6-15(12)20-16/h3-11,18H,1-2H3. The van der Waals surface area contributed by atoms with Gasteiger partial charge in [-0.15, -0.1) is 11.3 Å². The van der Waals surface area contributed by atoms with E-state index in [1.807, 2.05) is 43.3 Å². The Morgan fingerprint density at radius 3 is 2.40 bits per heavy atom. The van der Waals surface area contributed by atoms with Crippen LogP contribution in [0.3, 0.4) is 0 Å². The van der Waals surface area contributed by atoms with Gasteiger partial charge in [-0.05, 0) is 42.1 Å². The zero-order chi connectivity index (χ0) is 14.2. The van der Waals surface area contributed by atoms with Crippen LogP contribution in [0.4, 0.5) is 0 Å². The molecule has 0 amide bonds. The van der Waals surface area contributed by atoms with Crippen molar-refractivity contribution in [3.8, 4) is 5.75 Å². The average Bonchev–Trinajstić information content (AvgIpc) is 2.92. The Balaban J connectivity index is 2.04. The minimum absolute atomic E-state index is 0.792. The van der Waals surface area contributed by atoms with E-state index in [9.17, 15) is 5.11 Å². The largest absolute Gasteiger partial charge is 0.497 e. The van der Waals surface area contributed by atoms with E-state index in [-0.39, 0.29) is 0 Å². The predicted molar refractivity (Wildman–Crippen MR) is 83.5 cm³/mol. The van der Waals surface area contributed by atoms with E-state index >= 15 is 0 Å². The Morgan fingerprint density at radius 1 is 1.05 bits per heavy atom. The molecule has 1 N–H and O–H groups in total. The summed E-state index contributed by atoms with van der Waals surface area (Å²) < 4.78 is 6.35. The van der Waals surface area contributed by atoms with Crippen LogP contribution in [0.5, 0.6) is 5.75 Å². The lowest BCUT2D eigenvalue weighted by molar-refractivity contribution is 0.106. The molecular formula is C17H16O2S. The molecule has 0 radical (unpaired) electrons. The maximum absolute atomic E-state index is 10.9. The van der Waals surface area contributed by atoms with Gasteiger partial charge in [-0.25, -0.2) is 0 Å². The Kier molecular flexibility index (Phi) is 3.24. The molecule has 3 rings (SSSR count). The molecule has 0 aliphatic heterocycles. The third-order valence-electron chi connectivity index (χ3n) is 3.56. The van der Waals surface area contributed by atoms with Crippen LogP contribution in [-0.2, 0) is 5.60 Å². The van der Waals surface area contributed by atoms with Crippen LogP contribution in [-0.4, -0.2) is 12.2 Å². The predicted octanol–water partition coefficient (Wildman–Crippen LogP) is 4.17. The van der Waals surface area contributed by atoms with Crippen molar-refractivity contribution in [3.63, 3.8) is 0 Å². The summed E-state index contributed by atoms with van der Waals surface area (Å²) >= 11 is 1.63. The molecule has 1 atom stereocenters. The van der Waals surface area contributed by atoms with E-state index in [2.05, 4.69) is 18.2 Å². The molecule has 0 spiro atoms. The molecule has 1 heterocycles. The van der Waals surface area contributed by atoms with Gasteiger partial charge >= 0.3 is 0 Å². The first kappa shape index (κ1) is 13.2. The number of thiophene rings is 1. The first-order chi connectivity index (χ1) is 9.61. The van der Waals surface area contributed by atoms with Gasteiger partial charge in [0.2, 0.25) is 0 Å². The molecule has 2 nitrogen and oxygen atoms in total. The minimum Gasteiger partial charge on any atom is -0.497 e. The molecule has 0 aliphatic carbocycles. The van der Waals surface area contributed by atoms with Crippen molar-refractivity contribution < 1.29 is 9.84 Å². The van der Waals surface area contributed by atoms with Crippen LogP contribution in [0.1, 0.15) is 17.4 Å². The van der Waals surface area contributed by atoms with Crippen LogP contribution in [0.2, 0.25) is 0 Å². The van der Waals surface area contributed by atoms with Gasteiger partial charge in [0, 0.05) is 9.58 Å². The van der Waals surface area contributed by atoms with E-state index in [1.54, 1.807) is 18.4 Å². The summed E-state index contributed by atoms with van der Waals surface area (Å²) in [5.74, 6) is 0.792. The molecule has 3 heteroatoms. The fraction of sp³-hybridized carbons (Fsp3) is 0.176. The lowest BCUT2D eigenvalue weighted by Crippen LogP contribution is -2.21. The fourth-order valence-electron chi connectivity index (χ4n) is 2.28. The number of benzene rings is 2. The number of ether oxygens (including phenoxy) is 1. The zero-order valence-electron chi connectivity index (χ0n) is 11.5. The van der Waals surface area contributed by atoms with Gasteiger partial charge in [-0.1, -0.05) is 30.3 Å². The molecule has 102 valence electrons. The van der Waals surface area contributed by atoms with Crippen molar-refractivity contribution in [2.24, 2.45) is 0 Å². The lowest BCUT2D eigenvalue weighted by atomic mass is 9.94. The Bertz CT molecular complexity index is 693. The van der Waals surface area contributed by atoms with Crippen molar-refractivity contribution in [2.45, 2.75) is 12.5 Å². The Morgan fingerprint density at radius 2 is 1.75 bits per heavy atom. The topological polar surface area (TPSA) is 29.5 Å². The lowest BCUT2D eigenvalue weighted by Gasteiger charge is -2.22. The summed E-state index contributed by atoms with van der Waals surface area (Å²) in [6.45, 7) is 1.83. The van der Waals surface area contributed by atoms with Crippen molar-refractivity contribution in [1.82, 2.24) is 0 Å². The van der Waals surface area contributed by atoms with Crippen LogP contribution in [0.15, 0.2) is 54.6 Å². The van der Waals surface area contributed by atoms with Crippen molar-refractivity contribution >= 4 is 21.4 Å². The SMILES string of the molecule is COc1ccc(C(C)(O)c2cc3ccccc3s2)cc1. The van der Waals surface area contributed by atoms with Gasteiger partial charge in [0.05, 0.1) is 7.11 Å². The number of rotatable bonds is 3. The van der Waals surface area contributed by atoms with Gasteiger partial charge in [-0.3, -0.25) is 0 Å². The normalized spacial score (nSPS) is 14.2. The summed E-state index contributed by atoms with van der Waals surface area (Å²) in [6.07, 6.45) is 0. The van der Waals surface area contributed by atoms with E-state index in [0.29, 0.717) is 0 Å². The summed E-state index contributed by atoms with van der Waals surface area (Å²) in [5.41, 5.74) is -0.125. The van der Waals surface area contributed by atoms with Gasteiger partial charge in [0.15, 0.2) is 0 Å². The second-order valence-electron chi connectivity index (χ2n) is 4.95. The van der Waals surface area contributed by atoms with Gasteiger partial charge in [-0.2, -0.15) is 0 Å². The van der Waals surface area contributed by atoms with Crippen molar-refractivity contribution in [1.29, 1.82) is 0 Å². The Labute approximate surface area is 122 Å². The summed E-state index contributed by atoms with van der Waals surface area (Å²) in [5, 5.41) is 12.1. The fourth-order valence-corrected chi connectivity index (χ4v) is 3.41. The number of methoxy groups -OCH3 is 1. The molecule has 1 unspecified atom stereocenters. The van der Waals surface area contributed by atoms with E-state index in [1.165, 1.54) is 10.1 Å². The first-order valence-electron chi connectivity index (χ1n) is 6.47. The number of fused-ring (bicyclic) bond motifs is 1. The number of aliphatic hydroxyl groups is 1. The van der Waals surface area contributed by atoms with Crippen LogP contribution in [0, 0.1) is 0 Å². The zero-order valence-corrected chi connectivity index (χ0v) is 12.3. The molecule has 0 aliphatic rings. The molecule has 2 aromatic carbocycles. The summed E-state index contributed by atoms with van der Waals surface area (Å²) in [7, 11) is 1.64. The highest BCUT2D eigenvalue weighted by Gasteiger charge is 2.27. The highest BCUT2D eigenvalue weighted by molar-refractivity contribution is 7.19. The van der Waals surface area contributed by atoms with E-state index in [4.69, 9.17) is 4.74 Å². The first-order valence-corrected chi connectivity index (χ1v) is 7.29. The second kappa shape index (κ2) is 4.93. The highest BCUT2D eigenvalue weighted by atomic mass is 32.1. The molecule has 0 bridgehead atoms. The monoisotopic (exact) mass is 284 g/mol. The molecular weight excluding hydrogens is 268 g/mol. The van der Waals surface area contributed by atoms with Crippen LogP contribution >= 0.6 is 11.3 Å². The van der Waals surface area contributed by atoms with Crippen LogP contribution < -0.4 is 4.74 Å². The van der Waals surface area contributed by atoms with Crippen molar-refractivity contribution in [2.75, 3.05) is 7.11 Å².